The van der Waals surface area contributed by atoms with Crippen molar-refractivity contribution in [2.45, 2.75) is 11.4 Å². The summed E-state index contributed by atoms with van der Waals surface area (Å²) in [5.41, 5.74) is 0.857. The van der Waals surface area contributed by atoms with Crippen molar-refractivity contribution >= 4 is 33.2 Å². The fraction of sp³-hybridized carbons (Fsp3) is 0.240. The number of nitrogens with one attached hydrogen (secondary N) is 1. The molecule has 37 heavy (non-hydrogen) atoms. The minimum atomic E-state index is -4.29. The van der Waals surface area contributed by atoms with Crippen LogP contribution in [0.5, 0.6) is 28.7 Å². The van der Waals surface area contributed by atoms with Gasteiger partial charge in [-0.2, -0.15) is 0 Å². The van der Waals surface area contributed by atoms with E-state index in [1.807, 2.05) is 0 Å². The van der Waals surface area contributed by atoms with Gasteiger partial charge in [-0.15, -0.1) is 0 Å². The van der Waals surface area contributed by atoms with Gasteiger partial charge in [0.15, 0.2) is 23.0 Å². The van der Waals surface area contributed by atoms with Gasteiger partial charge in [0.25, 0.3) is 10.0 Å². The SMILES string of the molecule is COc1ccc(S(=O)(=O)N(CC(=O)NCc2ccc3c(c2)OCO3)c2cc(Cl)ccc2OC)cc1OC. The Morgan fingerprint density at radius 1 is 0.919 bits per heavy atom. The van der Waals surface area contributed by atoms with Gasteiger partial charge < -0.3 is 29.0 Å². The Labute approximate surface area is 219 Å². The van der Waals surface area contributed by atoms with Crippen molar-refractivity contribution in [1.82, 2.24) is 5.32 Å². The fourth-order valence-electron chi connectivity index (χ4n) is 3.70. The quantitative estimate of drug-likeness (QED) is 0.409. The summed E-state index contributed by atoms with van der Waals surface area (Å²) in [6.07, 6.45) is 0. The maximum absolute atomic E-state index is 13.8. The van der Waals surface area contributed by atoms with Crippen LogP contribution in [-0.2, 0) is 21.4 Å². The van der Waals surface area contributed by atoms with Crippen LogP contribution in [0.3, 0.4) is 0 Å². The summed E-state index contributed by atoms with van der Waals surface area (Å²) >= 11 is 6.19. The number of nitrogens with zero attached hydrogens (tertiary/aromatic N) is 1. The molecule has 3 aromatic carbocycles. The lowest BCUT2D eigenvalue weighted by Gasteiger charge is -2.26. The van der Waals surface area contributed by atoms with Gasteiger partial charge >= 0.3 is 0 Å². The molecule has 12 heteroatoms. The normalized spacial score (nSPS) is 12.1. The molecular weight excluding hydrogens is 524 g/mol. The number of rotatable bonds is 10. The van der Waals surface area contributed by atoms with Gasteiger partial charge in [-0.1, -0.05) is 17.7 Å². The summed E-state index contributed by atoms with van der Waals surface area (Å²) in [5, 5.41) is 3.01. The molecule has 4 rings (SSSR count). The van der Waals surface area contributed by atoms with Crippen molar-refractivity contribution in [2.75, 3.05) is 39.0 Å². The number of hydrogen-bond acceptors (Lipinski definition) is 8. The molecule has 0 aromatic heterocycles. The molecule has 0 atom stereocenters. The summed E-state index contributed by atoms with van der Waals surface area (Å²) < 4.78 is 55.1. The lowest BCUT2D eigenvalue weighted by atomic mass is 10.2. The maximum atomic E-state index is 13.8. The third-order valence-electron chi connectivity index (χ3n) is 5.57. The molecular formula is C25H25ClN2O8S. The third-order valence-corrected chi connectivity index (χ3v) is 7.56. The first-order valence-corrected chi connectivity index (χ1v) is 12.8. The number of carbonyl (C=O) groups excluding carboxylic acids is 1. The van der Waals surface area contributed by atoms with Crippen LogP contribution >= 0.6 is 11.6 Å². The third kappa shape index (κ3) is 5.62. The molecule has 196 valence electrons. The zero-order valence-corrected chi connectivity index (χ0v) is 21.9. The Morgan fingerprint density at radius 2 is 1.62 bits per heavy atom. The van der Waals surface area contributed by atoms with Crippen LogP contribution in [0.2, 0.25) is 5.02 Å². The monoisotopic (exact) mass is 548 g/mol. The molecule has 10 nitrogen and oxygen atoms in total. The number of carbonyl (C=O) groups is 1. The maximum Gasteiger partial charge on any atom is 0.265 e. The second-order valence-electron chi connectivity index (χ2n) is 7.81. The van der Waals surface area contributed by atoms with E-state index in [0.717, 1.165) is 9.87 Å². The zero-order valence-electron chi connectivity index (χ0n) is 20.3. The van der Waals surface area contributed by atoms with E-state index in [9.17, 15) is 13.2 Å². The number of methoxy groups -OCH3 is 3. The van der Waals surface area contributed by atoms with E-state index in [0.29, 0.717) is 17.2 Å². The van der Waals surface area contributed by atoms with E-state index >= 15 is 0 Å². The highest BCUT2D eigenvalue weighted by Crippen LogP contribution is 2.37. The molecule has 0 spiro atoms. The van der Waals surface area contributed by atoms with Crippen molar-refractivity contribution in [1.29, 1.82) is 0 Å². The van der Waals surface area contributed by atoms with Crippen LogP contribution in [-0.4, -0.2) is 49.0 Å². The molecule has 3 aromatic rings. The van der Waals surface area contributed by atoms with Crippen LogP contribution < -0.4 is 33.3 Å². The molecule has 1 amide bonds. The van der Waals surface area contributed by atoms with Crippen molar-refractivity contribution < 1.29 is 36.9 Å². The van der Waals surface area contributed by atoms with Crippen LogP contribution in [0.15, 0.2) is 59.5 Å². The van der Waals surface area contributed by atoms with Gasteiger partial charge in [-0.3, -0.25) is 9.10 Å². The number of sulfonamides is 1. The zero-order chi connectivity index (χ0) is 26.6. The standard InChI is InChI=1S/C25H25ClN2O8S/c1-32-20-8-5-17(26)11-19(20)28(37(30,31)18-6-9-21(33-2)23(12-18)34-3)14-25(29)27-13-16-4-7-22-24(10-16)36-15-35-22/h4-12H,13-15H2,1-3H3,(H,27,29). The van der Waals surface area contributed by atoms with Crippen molar-refractivity contribution in [3.05, 3.63) is 65.2 Å². The largest absolute Gasteiger partial charge is 0.495 e. The van der Waals surface area contributed by atoms with E-state index in [4.69, 9.17) is 35.3 Å². The second kappa shape index (κ2) is 11.1. The van der Waals surface area contributed by atoms with Crippen LogP contribution in [0.4, 0.5) is 5.69 Å². The molecule has 0 fully saturated rings. The van der Waals surface area contributed by atoms with Gasteiger partial charge in [-0.25, -0.2) is 8.42 Å². The predicted octanol–water partition coefficient (Wildman–Crippen LogP) is 3.61. The van der Waals surface area contributed by atoms with E-state index in [2.05, 4.69) is 5.32 Å². The number of hydrogen-bond donors (Lipinski definition) is 1. The lowest BCUT2D eigenvalue weighted by molar-refractivity contribution is -0.119. The molecule has 0 saturated heterocycles. The molecule has 0 bridgehead atoms. The highest BCUT2D eigenvalue weighted by atomic mass is 35.5. The second-order valence-corrected chi connectivity index (χ2v) is 10.1. The minimum absolute atomic E-state index is 0.100. The average molecular weight is 549 g/mol. The topological polar surface area (TPSA) is 113 Å². The van der Waals surface area contributed by atoms with E-state index in [1.165, 1.54) is 51.7 Å². The van der Waals surface area contributed by atoms with Crippen LogP contribution in [0, 0.1) is 0 Å². The first-order valence-electron chi connectivity index (χ1n) is 11.0. The molecule has 0 unspecified atom stereocenters. The Morgan fingerprint density at radius 3 is 2.35 bits per heavy atom. The smallest absolute Gasteiger partial charge is 0.265 e. The first-order chi connectivity index (χ1) is 17.8. The Kier molecular flexibility index (Phi) is 7.84. The molecule has 1 aliphatic heterocycles. The van der Waals surface area contributed by atoms with E-state index < -0.39 is 22.5 Å². The number of fused-ring (bicyclic) bond motifs is 1. The average Bonchev–Trinajstić information content (AvgIpc) is 3.38. The van der Waals surface area contributed by atoms with E-state index in [1.54, 1.807) is 24.3 Å². The summed E-state index contributed by atoms with van der Waals surface area (Å²) in [4.78, 5) is 12.9. The molecule has 1 aliphatic rings. The Hall–Kier alpha value is -3.83. The van der Waals surface area contributed by atoms with Crippen LogP contribution in [0.25, 0.3) is 0 Å². The van der Waals surface area contributed by atoms with Crippen molar-refractivity contribution in [3.8, 4) is 28.7 Å². The highest BCUT2D eigenvalue weighted by molar-refractivity contribution is 7.92. The fourth-order valence-corrected chi connectivity index (χ4v) is 5.31. The Bertz CT molecular complexity index is 1410. The van der Waals surface area contributed by atoms with Gasteiger partial charge in [0.2, 0.25) is 12.7 Å². The molecule has 0 saturated carbocycles. The van der Waals surface area contributed by atoms with Crippen LogP contribution in [0.1, 0.15) is 5.56 Å². The molecule has 0 aliphatic carbocycles. The molecule has 1 heterocycles. The summed E-state index contributed by atoms with van der Waals surface area (Å²) in [6.45, 7) is -0.264. The van der Waals surface area contributed by atoms with Gasteiger partial charge in [-0.05, 0) is 48.0 Å². The molecule has 0 radical (unpaired) electrons. The number of ether oxygens (including phenoxy) is 5. The van der Waals surface area contributed by atoms with Crippen molar-refractivity contribution in [2.24, 2.45) is 0 Å². The first kappa shape index (κ1) is 26.2. The van der Waals surface area contributed by atoms with E-state index in [-0.39, 0.29) is 40.4 Å². The summed E-state index contributed by atoms with van der Waals surface area (Å²) in [6, 6.07) is 13.9. The van der Waals surface area contributed by atoms with Gasteiger partial charge in [0.05, 0.1) is 31.9 Å². The van der Waals surface area contributed by atoms with Crippen molar-refractivity contribution in [3.63, 3.8) is 0 Å². The Balaban J connectivity index is 1.65. The van der Waals surface area contributed by atoms with Gasteiger partial charge in [0, 0.05) is 17.6 Å². The predicted molar refractivity (Wildman–Crippen MR) is 136 cm³/mol. The lowest BCUT2D eigenvalue weighted by Crippen LogP contribution is -2.40. The number of anilines is 1. The number of halogens is 1. The number of amides is 1. The minimum Gasteiger partial charge on any atom is -0.495 e. The summed E-state index contributed by atoms with van der Waals surface area (Å²) in [5.74, 6) is 1.44. The highest BCUT2D eigenvalue weighted by Gasteiger charge is 2.30. The summed E-state index contributed by atoms with van der Waals surface area (Å²) in [7, 11) is -0.0463. The number of benzene rings is 3. The molecule has 1 N–H and O–H groups in total. The van der Waals surface area contributed by atoms with Gasteiger partial charge in [0.1, 0.15) is 12.3 Å².